The van der Waals surface area contributed by atoms with Crippen LogP contribution in [-0.2, 0) is 9.53 Å². The highest BCUT2D eigenvalue weighted by Crippen LogP contribution is 2.29. The largest absolute Gasteiger partial charge is 0.368 e. The summed E-state index contributed by atoms with van der Waals surface area (Å²) in [6.07, 6.45) is 1.47. The lowest BCUT2D eigenvalue weighted by Gasteiger charge is -2.35. The average Bonchev–Trinajstić information content (AvgIpc) is 3.38. The third kappa shape index (κ3) is 3.75. The Balaban J connectivity index is 1.41. The van der Waals surface area contributed by atoms with E-state index in [2.05, 4.69) is 4.98 Å². The van der Waals surface area contributed by atoms with Crippen LogP contribution in [0.15, 0.2) is 30.3 Å². The first-order valence-corrected chi connectivity index (χ1v) is 10.2. The fourth-order valence-corrected chi connectivity index (χ4v) is 4.59. The van der Waals surface area contributed by atoms with Crippen LogP contribution in [0, 0.1) is 6.92 Å². The second kappa shape index (κ2) is 7.78. The highest BCUT2D eigenvalue weighted by molar-refractivity contribution is 7.17. The number of hydrogen-bond donors (Lipinski definition) is 0. The topological polar surface area (TPSA) is 62.7 Å². The van der Waals surface area contributed by atoms with Crippen LogP contribution >= 0.6 is 11.3 Å². The third-order valence-electron chi connectivity index (χ3n) is 5.10. The number of carbonyl (C=O) groups is 2. The van der Waals surface area contributed by atoms with E-state index in [1.807, 2.05) is 47.1 Å². The van der Waals surface area contributed by atoms with Crippen molar-refractivity contribution in [3.63, 3.8) is 0 Å². The molecule has 1 aromatic heterocycles. The summed E-state index contributed by atoms with van der Waals surface area (Å²) in [5, 5.41) is 0.864. The first-order valence-electron chi connectivity index (χ1n) is 9.36. The van der Waals surface area contributed by atoms with Gasteiger partial charge in [0.1, 0.15) is 16.0 Å². The van der Waals surface area contributed by atoms with Gasteiger partial charge in [0.15, 0.2) is 0 Å². The smallest absolute Gasteiger partial charge is 0.265 e. The average molecular weight is 385 g/mol. The molecule has 4 rings (SSSR count). The molecule has 2 saturated heterocycles. The van der Waals surface area contributed by atoms with Crippen LogP contribution < -0.4 is 0 Å². The fourth-order valence-electron chi connectivity index (χ4n) is 3.55. The van der Waals surface area contributed by atoms with Crippen LogP contribution in [0.5, 0.6) is 0 Å². The number of aromatic nitrogens is 1. The molecule has 1 atom stereocenters. The molecule has 2 fully saturated rings. The first kappa shape index (κ1) is 18.1. The molecule has 3 heterocycles. The first-order chi connectivity index (χ1) is 13.1. The Morgan fingerprint density at radius 2 is 1.81 bits per heavy atom. The molecule has 0 spiro atoms. The summed E-state index contributed by atoms with van der Waals surface area (Å²) in [7, 11) is 0. The van der Waals surface area contributed by atoms with E-state index in [0.717, 1.165) is 29.1 Å². The Morgan fingerprint density at radius 1 is 1.11 bits per heavy atom. The number of hydrogen-bond acceptors (Lipinski definition) is 5. The zero-order valence-electron chi connectivity index (χ0n) is 15.4. The Morgan fingerprint density at radius 3 is 2.48 bits per heavy atom. The monoisotopic (exact) mass is 385 g/mol. The van der Waals surface area contributed by atoms with E-state index in [9.17, 15) is 9.59 Å². The van der Waals surface area contributed by atoms with Gasteiger partial charge in [0.05, 0.1) is 5.69 Å². The van der Waals surface area contributed by atoms with Gasteiger partial charge in [0.2, 0.25) is 0 Å². The van der Waals surface area contributed by atoms with Gasteiger partial charge in [-0.2, -0.15) is 0 Å². The number of piperazine rings is 1. The fraction of sp³-hybridized carbons (Fsp3) is 0.450. The van der Waals surface area contributed by atoms with Crippen LogP contribution in [0.2, 0.25) is 0 Å². The Labute approximate surface area is 162 Å². The van der Waals surface area contributed by atoms with Gasteiger partial charge < -0.3 is 14.5 Å². The van der Waals surface area contributed by atoms with E-state index in [-0.39, 0.29) is 17.9 Å². The lowest BCUT2D eigenvalue weighted by atomic mass is 10.2. The molecule has 7 heteroatoms. The van der Waals surface area contributed by atoms with Gasteiger partial charge in [0, 0.05) is 38.3 Å². The summed E-state index contributed by atoms with van der Waals surface area (Å²) < 4.78 is 5.49. The van der Waals surface area contributed by atoms with Gasteiger partial charge in [-0.1, -0.05) is 30.3 Å². The van der Waals surface area contributed by atoms with E-state index in [4.69, 9.17) is 4.74 Å². The van der Waals surface area contributed by atoms with Crippen molar-refractivity contribution in [3.8, 4) is 10.6 Å². The summed E-state index contributed by atoms with van der Waals surface area (Å²) >= 11 is 1.44. The number of benzene rings is 1. The third-order valence-corrected chi connectivity index (χ3v) is 6.29. The van der Waals surface area contributed by atoms with Crippen molar-refractivity contribution in [1.82, 2.24) is 14.8 Å². The highest BCUT2D eigenvalue weighted by Gasteiger charge is 2.32. The summed E-state index contributed by atoms with van der Waals surface area (Å²) in [6.45, 7) is 4.78. The van der Waals surface area contributed by atoms with Crippen molar-refractivity contribution < 1.29 is 14.3 Å². The second-order valence-corrected chi connectivity index (χ2v) is 7.92. The molecule has 0 radical (unpaired) electrons. The van der Waals surface area contributed by atoms with Crippen molar-refractivity contribution in [1.29, 1.82) is 0 Å². The van der Waals surface area contributed by atoms with Crippen LogP contribution in [0.4, 0.5) is 0 Å². The molecule has 142 valence electrons. The molecule has 2 aliphatic rings. The lowest BCUT2D eigenvalue weighted by molar-refractivity contribution is -0.142. The molecule has 2 aliphatic heterocycles. The molecule has 2 amide bonds. The number of thiazole rings is 1. The predicted molar refractivity (Wildman–Crippen MR) is 104 cm³/mol. The minimum Gasteiger partial charge on any atom is -0.368 e. The molecule has 6 nitrogen and oxygen atoms in total. The van der Waals surface area contributed by atoms with Gasteiger partial charge in [-0.05, 0) is 19.8 Å². The number of rotatable bonds is 3. The SMILES string of the molecule is Cc1nc(-c2ccccc2)sc1C(=O)N1CCN(C(=O)C2CCCO2)CC1. The molecule has 1 aromatic carbocycles. The van der Waals surface area contributed by atoms with E-state index in [0.29, 0.717) is 37.7 Å². The minimum absolute atomic E-state index is 0.0106. The maximum Gasteiger partial charge on any atom is 0.265 e. The normalized spacial score (nSPS) is 20.1. The van der Waals surface area contributed by atoms with E-state index in [1.54, 1.807) is 0 Å². The highest BCUT2D eigenvalue weighted by atomic mass is 32.1. The molecule has 0 saturated carbocycles. The summed E-state index contributed by atoms with van der Waals surface area (Å²) in [5.74, 6) is 0.0799. The molecule has 27 heavy (non-hydrogen) atoms. The maximum atomic E-state index is 13.0. The summed E-state index contributed by atoms with van der Waals surface area (Å²) in [6, 6.07) is 9.91. The molecular formula is C20H23N3O3S. The molecule has 0 aliphatic carbocycles. The Hall–Kier alpha value is -2.25. The van der Waals surface area contributed by atoms with Crippen LogP contribution in [0.25, 0.3) is 10.6 Å². The zero-order valence-corrected chi connectivity index (χ0v) is 16.2. The number of nitrogens with zero attached hydrogens (tertiary/aromatic N) is 3. The van der Waals surface area contributed by atoms with Crippen LogP contribution in [-0.4, -0.2) is 65.5 Å². The van der Waals surface area contributed by atoms with E-state index in [1.165, 1.54) is 11.3 Å². The second-order valence-electron chi connectivity index (χ2n) is 6.92. The predicted octanol–water partition coefficient (Wildman–Crippen LogP) is 2.58. The Bertz CT molecular complexity index is 822. The van der Waals surface area contributed by atoms with Gasteiger partial charge in [-0.25, -0.2) is 4.98 Å². The van der Waals surface area contributed by atoms with Gasteiger partial charge >= 0.3 is 0 Å². The summed E-state index contributed by atoms with van der Waals surface area (Å²) in [4.78, 5) is 34.3. The molecule has 1 unspecified atom stereocenters. The standard InChI is InChI=1S/C20H23N3O3S/c1-14-17(27-18(21-14)15-6-3-2-4-7-15)20(25)23-11-9-22(10-12-23)19(24)16-8-5-13-26-16/h2-4,6-7,16H,5,8-13H2,1H3. The summed E-state index contributed by atoms with van der Waals surface area (Å²) in [5.41, 5.74) is 1.79. The zero-order chi connectivity index (χ0) is 18.8. The van der Waals surface area contributed by atoms with E-state index < -0.39 is 0 Å². The van der Waals surface area contributed by atoms with Crippen LogP contribution in [0.3, 0.4) is 0 Å². The van der Waals surface area contributed by atoms with Gasteiger partial charge in [-0.3, -0.25) is 9.59 Å². The molecule has 2 aromatic rings. The number of aryl methyl sites for hydroxylation is 1. The van der Waals surface area contributed by atoms with Crippen molar-refractivity contribution in [3.05, 3.63) is 40.9 Å². The van der Waals surface area contributed by atoms with Crippen molar-refractivity contribution in [2.45, 2.75) is 25.9 Å². The molecule has 0 bridgehead atoms. The van der Waals surface area contributed by atoms with Crippen molar-refractivity contribution in [2.75, 3.05) is 32.8 Å². The maximum absolute atomic E-state index is 13.0. The van der Waals surface area contributed by atoms with Crippen molar-refractivity contribution in [2.24, 2.45) is 0 Å². The minimum atomic E-state index is -0.288. The van der Waals surface area contributed by atoms with Gasteiger partial charge in [-0.15, -0.1) is 11.3 Å². The van der Waals surface area contributed by atoms with E-state index >= 15 is 0 Å². The number of carbonyl (C=O) groups excluding carboxylic acids is 2. The number of amides is 2. The van der Waals surface area contributed by atoms with Gasteiger partial charge in [0.25, 0.3) is 11.8 Å². The Kier molecular flexibility index (Phi) is 5.22. The molecular weight excluding hydrogens is 362 g/mol. The van der Waals surface area contributed by atoms with Crippen LogP contribution in [0.1, 0.15) is 28.2 Å². The van der Waals surface area contributed by atoms with Crippen molar-refractivity contribution >= 4 is 23.2 Å². The molecule has 0 N–H and O–H groups in total. The number of ether oxygens (including phenoxy) is 1. The quantitative estimate of drug-likeness (QED) is 0.815. The lowest BCUT2D eigenvalue weighted by Crippen LogP contribution is -2.52.